The Balaban J connectivity index is 2.27. The lowest BCUT2D eigenvalue weighted by Gasteiger charge is -2.11. The largest absolute Gasteiger partial charge is 0.416 e. The molecule has 0 aliphatic heterocycles. The topological polar surface area (TPSA) is 72.2 Å². The summed E-state index contributed by atoms with van der Waals surface area (Å²) >= 11 is 11.4. The molecule has 0 spiro atoms. The van der Waals surface area contributed by atoms with Crippen molar-refractivity contribution in [2.45, 2.75) is 6.18 Å². The van der Waals surface area contributed by atoms with Gasteiger partial charge in [-0.25, -0.2) is 0 Å². The lowest BCUT2D eigenvalue weighted by atomic mass is 10.1. The van der Waals surface area contributed by atoms with Gasteiger partial charge in [-0.15, -0.1) is 0 Å². The van der Waals surface area contributed by atoms with E-state index >= 15 is 0 Å². The summed E-state index contributed by atoms with van der Waals surface area (Å²) < 4.78 is 37.7. The third-order valence-electron chi connectivity index (χ3n) is 2.95. The second kappa shape index (κ2) is 6.66. The van der Waals surface area contributed by atoms with Gasteiger partial charge in [0.1, 0.15) is 5.02 Å². The molecule has 0 aliphatic carbocycles. The van der Waals surface area contributed by atoms with Crippen LogP contribution in [-0.4, -0.2) is 10.8 Å². The zero-order chi connectivity index (χ0) is 18.1. The van der Waals surface area contributed by atoms with E-state index in [-0.39, 0.29) is 21.3 Å². The molecule has 24 heavy (non-hydrogen) atoms. The smallest absolute Gasteiger partial charge is 0.321 e. The molecule has 0 unspecified atom stereocenters. The average molecular weight is 379 g/mol. The number of hydrogen-bond acceptors (Lipinski definition) is 3. The molecule has 0 saturated carbocycles. The molecular weight excluding hydrogens is 372 g/mol. The molecule has 2 rings (SSSR count). The highest BCUT2D eigenvalue weighted by Gasteiger charge is 2.31. The Morgan fingerprint density at radius 2 is 1.75 bits per heavy atom. The quantitative estimate of drug-likeness (QED) is 0.591. The van der Waals surface area contributed by atoms with E-state index in [1.54, 1.807) is 0 Å². The molecule has 0 fully saturated rings. The van der Waals surface area contributed by atoms with E-state index in [9.17, 15) is 28.1 Å². The average Bonchev–Trinajstić information content (AvgIpc) is 2.48. The second-order valence-electron chi connectivity index (χ2n) is 4.57. The van der Waals surface area contributed by atoms with Crippen LogP contribution in [0.15, 0.2) is 36.4 Å². The van der Waals surface area contributed by atoms with Gasteiger partial charge in [-0.2, -0.15) is 13.2 Å². The molecule has 5 nitrogen and oxygen atoms in total. The van der Waals surface area contributed by atoms with Gasteiger partial charge in [0, 0.05) is 11.6 Å². The predicted molar refractivity (Wildman–Crippen MR) is 82.5 cm³/mol. The fraction of sp³-hybridized carbons (Fsp3) is 0.0714. The number of nitrogens with one attached hydrogen (secondary N) is 1. The number of nitrogens with zero attached hydrogens (tertiary/aromatic N) is 1. The number of amides is 1. The normalized spacial score (nSPS) is 11.2. The number of rotatable bonds is 3. The summed E-state index contributed by atoms with van der Waals surface area (Å²) in [5.41, 5.74) is -1.59. The molecule has 0 atom stereocenters. The minimum Gasteiger partial charge on any atom is -0.321 e. The van der Waals surface area contributed by atoms with Gasteiger partial charge in [-0.05, 0) is 30.3 Å². The fourth-order valence-electron chi connectivity index (χ4n) is 1.78. The molecule has 2 aromatic carbocycles. The number of carbonyl (C=O) groups is 1. The van der Waals surface area contributed by atoms with E-state index in [1.807, 2.05) is 0 Å². The first-order valence-corrected chi connectivity index (χ1v) is 6.97. The monoisotopic (exact) mass is 378 g/mol. The number of alkyl halides is 3. The SMILES string of the molecule is O=C(Nc1ccc(C(F)(F)F)cc1Cl)c1ccc(Cl)c([N+](=O)[O-])c1. The standard InChI is InChI=1S/C14H7Cl2F3N2O3/c15-9-3-1-7(5-12(9)21(23)24)13(22)20-11-4-2-8(6-10(11)16)14(17,18)19/h1-6H,(H,20,22). The Morgan fingerprint density at radius 3 is 2.29 bits per heavy atom. The third kappa shape index (κ3) is 3.95. The maximum Gasteiger partial charge on any atom is 0.416 e. The Hall–Kier alpha value is -2.32. The van der Waals surface area contributed by atoms with E-state index in [0.29, 0.717) is 6.07 Å². The summed E-state index contributed by atoms with van der Waals surface area (Å²) in [6.45, 7) is 0. The van der Waals surface area contributed by atoms with Gasteiger partial charge < -0.3 is 5.32 Å². The molecule has 0 aliphatic rings. The van der Waals surface area contributed by atoms with Gasteiger partial charge in [0.25, 0.3) is 11.6 Å². The number of halogens is 5. The summed E-state index contributed by atoms with van der Waals surface area (Å²) in [5, 5.41) is 12.6. The summed E-state index contributed by atoms with van der Waals surface area (Å²) in [5.74, 6) is -0.781. The van der Waals surface area contributed by atoms with Crippen LogP contribution < -0.4 is 5.32 Å². The van der Waals surface area contributed by atoms with Crippen molar-refractivity contribution in [3.05, 3.63) is 67.7 Å². The number of carbonyl (C=O) groups excluding carboxylic acids is 1. The number of nitro groups is 1. The Bertz CT molecular complexity index is 825. The number of anilines is 1. The van der Waals surface area contributed by atoms with Crippen molar-refractivity contribution in [3.8, 4) is 0 Å². The van der Waals surface area contributed by atoms with Crippen molar-refractivity contribution in [1.82, 2.24) is 0 Å². The predicted octanol–water partition coefficient (Wildman–Crippen LogP) is 5.17. The van der Waals surface area contributed by atoms with Crippen molar-refractivity contribution in [1.29, 1.82) is 0 Å². The fourth-order valence-corrected chi connectivity index (χ4v) is 2.20. The maximum absolute atomic E-state index is 12.6. The van der Waals surface area contributed by atoms with Crippen LogP contribution in [0, 0.1) is 10.1 Å². The van der Waals surface area contributed by atoms with Crippen LogP contribution in [0.4, 0.5) is 24.5 Å². The summed E-state index contributed by atoms with van der Waals surface area (Å²) in [4.78, 5) is 22.1. The van der Waals surface area contributed by atoms with Crippen molar-refractivity contribution < 1.29 is 22.9 Å². The zero-order valence-electron chi connectivity index (χ0n) is 11.5. The molecule has 0 bridgehead atoms. The van der Waals surface area contributed by atoms with Crippen molar-refractivity contribution in [2.24, 2.45) is 0 Å². The van der Waals surface area contributed by atoms with Gasteiger partial charge >= 0.3 is 6.18 Å². The summed E-state index contributed by atoms with van der Waals surface area (Å²) in [6.07, 6.45) is -4.57. The Labute approximate surface area is 143 Å². The van der Waals surface area contributed by atoms with Gasteiger partial charge in [0.15, 0.2) is 0 Å². The van der Waals surface area contributed by atoms with E-state index < -0.39 is 28.3 Å². The first kappa shape index (κ1) is 18.0. The second-order valence-corrected chi connectivity index (χ2v) is 5.38. The van der Waals surface area contributed by atoms with Crippen LogP contribution in [0.5, 0.6) is 0 Å². The van der Waals surface area contributed by atoms with Gasteiger partial charge in [-0.1, -0.05) is 23.2 Å². The minimum absolute atomic E-state index is 0.0627. The Morgan fingerprint density at radius 1 is 1.08 bits per heavy atom. The van der Waals surface area contributed by atoms with Gasteiger partial charge in [0.05, 0.1) is 21.2 Å². The molecule has 126 valence electrons. The maximum atomic E-state index is 12.6. The van der Waals surface area contributed by atoms with Gasteiger partial charge in [-0.3, -0.25) is 14.9 Å². The highest BCUT2D eigenvalue weighted by Crippen LogP contribution is 2.34. The number of benzene rings is 2. The lowest BCUT2D eigenvalue weighted by molar-refractivity contribution is -0.384. The number of nitro benzene ring substituents is 1. The minimum atomic E-state index is -4.57. The van der Waals surface area contributed by atoms with Crippen LogP contribution in [0.25, 0.3) is 0 Å². The molecule has 0 saturated heterocycles. The first-order chi connectivity index (χ1) is 11.1. The molecule has 0 aromatic heterocycles. The van der Waals surface area contributed by atoms with E-state index in [1.165, 1.54) is 12.1 Å². The van der Waals surface area contributed by atoms with Crippen LogP contribution >= 0.6 is 23.2 Å². The highest BCUT2D eigenvalue weighted by molar-refractivity contribution is 6.34. The van der Waals surface area contributed by atoms with E-state index in [0.717, 1.165) is 18.2 Å². The molecule has 0 radical (unpaired) electrons. The molecular formula is C14H7Cl2F3N2O3. The molecule has 10 heteroatoms. The summed E-state index contributed by atoms with van der Waals surface area (Å²) in [7, 11) is 0. The van der Waals surface area contributed by atoms with Crippen molar-refractivity contribution in [3.63, 3.8) is 0 Å². The number of hydrogen-bond donors (Lipinski definition) is 1. The van der Waals surface area contributed by atoms with Crippen LogP contribution in [0.2, 0.25) is 10.0 Å². The van der Waals surface area contributed by atoms with Crippen molar-refractivity contribution >= 4 is 40.5 Å². The summed E-state index contributed by atoms with van der Waals surface area (Å²) in [6, 6.07) is 5.78. The molecule has 1 N–H and O–H groups in total. The Kier molecular flexibility index (Phi) is 5.00. The van der Waals surface area contributed by atoms with Crippen LogP contribution in [0.3, 0.4) is 0 Å². The van der Waals surface area contributed by atoms with Crippen LogP contribution in [-0.2, 0) is 6.18 Å². The first-order valence-electron chi connectivity index (χ1n) is 6.21. The zero-order valence-corrected chi connectivity index (χ0v) is 13.0. The van der Waals surface area contributed by atoms with Crippen molar-refractivity contribution in [2.75, 3.05) is 5.32 Å². The lowest BCUT2D eigenvalue weighted by Crippen LogP contribution is -2.13. The van der Waals surface area contributed by atoms with E-state index in [2.05, 4.69) is 5.32 Å². The van der Waals surface area contributed by atoms with Crippen LogP contribution in [0.1, 0.15) is 15.9 Å². The highest BCUT2D eigenvalue weighted by atomic mass is 35.5. The molecule has 1 amide bonds. The molecule has 2 aromatic rings. The van der Waals surface area contributed by atoms with Gasteiger partial charge in [0.2, 0.25) is 0 Å². The van der Waals surface area contributed by atoms with E-state index in [4.69, 9.17) is 23.2 Å². The third-order valence-corrected chi connectivity index (χ3v) is 3.58. The molecule has 0 heterocycles.